The lowest BCUT2D eigenvalue weighted by Crippen LogP contribution is -1.87. The predicted molar refractivity (Wildman–Crippen MR) is 70.7 cm³/mol. The Morgan fingerprint density at radius 2 is 2.06 bits per heavy atom. The van der Waals surface area contributed by atoms with Gasteiger partial charge in [0.15, 0.2) is 5.78 Å². The van der Waals surface area contributed by atoms with E-state index in [1.165, 1.54) is 14.0 Å². The summed E-state index contributed by atoms with van der Waals surface area (Å²) in [5.41, 5.74) is 6.72. The summed E-state index contributed by atoms with van der Waals surface area (Å²) in [6.45, 7) is 3.61. The molecule has 0 fully saturated rings. The van der Waals surface area contributed by atoms with Crippen LogP contribution >= 0.6 is 11.6 Å². The maximum Gasteiger partial charge on any atom is 0.152 e. The molecule has 3 heteroatoms. The van der Waals surface area contributed by atoms with E-state index in [2.05, 4.69) is 12.7 Å². The Morgan fingerprint density at radius 1 is 1.44 bits per heavy atom. The Hall–Kier alpha value is -1.12. The zero-order valence-electron chi connectivity index (χ0n) is 9.96. The quantitative estimate of drug-likeness (QED) is 0.824. The lowest BCUT2D eigenvalue weighted by atomic mass is 10.0. The number of ketones is 1. The normalized spacial score (nSPS) is 9.81. The van der Waals surface area contributed by atoms with Crippen LogP contribution < -0.4 is 5.73 Å². The van der Waals surface area contributed by atoms with E-state index in [0.717, 1.165) is 22.6 Å². The van der Waals surface area contributed by atoms with E-state index in [1.807, 2.05) is 24.3 Å². The molecule has 0 radical (unpaired) electrons. The molecule has 0 unspecified atom stereocenters. The fourth-order valence-electron chi connectivity index (χ4n) is 1.25. The molecule has 0 aliphatic heterocycles. The van der Waals surface area contributed by atoms with Gasteiger partial charge in [0.05, 0.1) is 0 Å². The predicted octanol–water partition coefficient (Wildman–Crippen LogP) is 3.08. The van der Waals surface area contributed by atoms with Gasteiger partial charge in [-0.2, -0.15) is 0 Å². The largest absolute Gasteiger partial charge is 0.333 e. The fraction of sp³-hybridized carbons (Fsp3) is 0.308. The number of nitrogens with two attached hydrogens (primary N) is 1. The molecule has 16 heavy (non-hydrogen) atoms. The number of aryl methyl sites for hydroxylation is 1. The zero-order valence-corrected chi connectivity index (χ0v) is 10.7. The van der Waals surface area contributed by atoms with Gasteiger partial charge in [-0.25, -0.2) is 0 Å². The van der Waals surface area contributed by atoms with Gasteiger partial charge in [-0.15, -0.1) is 0 Å². The van der Waals surface area contributed by atoms with Crippen molar-refractivity contribution in [3.05, 3.63) is 40.4 Å². The van der Waals surface area contributed by atoms with Gasteiger partial charge in [0.25, 0.3) is 0 Å². The van der Waals surface area contributed by atoms with Crippen molar-refractivity contribution in [1.29, 1.82) is 0 Å². The maximum absolute atomic E-state index is 10.8. The molecule has 0 aliphatic carbocycles. The molecular weight excluding hydrogens is 222 g/mol. The molecule has 2 nitrogen and oxygen atoms in total. The molecule has 0 bridgehead atoms. The van der Waals surface area contributed by atoms with E-state index < -0.39 is 0 Å². The Balaban J connectivity index is 0.00000106. The van der Waals surface area contributed by atoms with Gasteiger partial charge in [0.1, 0.15) is 0 Å². The lowest BCUT2D eigenvalue weighted by molar-refractivity contribution is -0.112. The summed E-state index contributed by atoms with van der Waals surface area (Å²) in [6, 6.07) is 5.70. The topological polar surface area (TPSA) is 43.1 Å². The second kappa shape index (κ2) is 8.08. The van der Waals surface area contributed by atoms with Crippen molar-refractivity contribution in [3.8, 4) is 0 Å². The highest BCUT2D eigenvalue weighted by Gasteiger charge is 1.98. The summed E-state index contributed by atoms with van der Waals surface area (Å²) in [6.07, 6.45) is 4.32. The van der Waals surface area contributed by atoms with Crippen molar-refractivity contribution in [2.24, 2.45) is 5.73 Å². The Bertz CT molecular complexity index is 372. The number of carbonyl (C=O) groups excluding carboxylic acids is 1. The molecule has 0 aliphatic rings. The molecule has 0 atom stereocenters. The van der Waals surface area contributed by atoms with Crippen LogP contribution in [0.2, 0.25) is 5.02 Å². The van der Waals surface area contributed by atoms with Crippen molar-refractivity contribution in [1.82, 2.24) is 0 Å². The minimum Gasteiger partial charge on any atom is -0.333 e. The highest BCUT2D eigenvalue weighted by molar-refractivity contribution is 6.30. The monoisotopic (exact) mass is 239 g/mol. The summed E-state index contributed by atoms with van der Waals surface area (Å²) < 4.78 is 0. The molecule has 0 amide bonds. The van der Waals surface area contributed by atoms with Gasteiger partial charge in [0, 0.05) is 5.02 Å². The third-order valence-electron chi connectivity index (χ3n) is 1.98. The van der Waals surface area contributed by atoms with Gasteiger partial charge in [-0.05, 0) is 49.7 Å². The van der Waals surface area contributed by atoms with Gasteiger partial charge >= 0.3 is 0 Å². The third-order valence-corrected chi connectivity index (χ3v) is 2.22. The van der Waals surface area contributed by atoms with Crippen LogP contribution in [0, 0.1) is 0 Å². The SMILES string of the molecule is CCc1cc(Cl)ccc1/C=C/C(C)=O.CN. The Morgan fingerprint density at radius 3 is 2.56 bits per heavy atom. The highest BCUT2D eigenvalue weighted by Crippen LogP contribution is 2.17. The van der Waals surface area contributed by atoms with Crippen molar-refractivity contribution >= 4 is 23.5 Å². The number of allylic oxidation sites excluding steroid dienone is 1. The molecule has 1 rings (SSSR count). The van der Waals surface area contributed by atoms with Crippen LogP contribution in [-0.4, -0.2) is 12.8 Å². The third kappa shape index (κ3) is 5.10. The van der Waals surface area contributed by atoms with E-state index in [-0.39, 0.29) is 5.78 Å². The standard InChI is InChI=1S/C12H13ClO.CH5N/c1-3-10-8-12(13)7-6-11(10)5-4-9(2)14;1-2/h4-8H,3H2,1-2H3;2H2,1H3/b5-4+;. The summed E-state index contributed by atoms with van der Waals surface area (Å²) in [7, 11) is 1.50. The first-order valence-electron chi connectivity index (χ1n) is 5.18. The molecule has 1 aromatic rings. The van der Waals surface area contributed by atoms with Gasteiger partial charge in [0.2, 0.25) is 0 Å². The van der Waals surface area contributed by atoms with Crippen molar-refractivity contribution in [3.63, 3.8) is 0 Å². The number of carbonyl (C=O) groups is 1. The average Bonchev–Trinajstić information content (AvgIpc) is 2.29. The molecule has 0 saturated carbocycles. The molecule has 0 saturated heterocycles. The summed E-state index contributed by atoms with van der Waals surface area (Å²) >= 11 is 5.87. The van der Waals surface area contributed by atoms with Crippen LogP contribution in [0.4, 0.5) is 0 Å². The molecule has 88 valence electrons. The van der Waals surface area contributed by atoms with Crippen LogP contribution in [0.15, 0.2) is 24.3 Å². The average molecular weight is 240 g/mol. The summed E-state index contributed by atoms with van der Waals surface area (Å²) in [4.78, 5) is 10.8. The number of halogens is 1. The number of hydrogen-bond acceptors (Lipinski definition) is 2. The summed E-state index contributed by atoms with van der Waals surface area (Å²) in [5.74, 6) is 0.0574. The van der Waals surface area contributed by atoms with Crippen LogP contribution in [0.1, 0.15) is 25.0 Å². The van der Waals surface area contributed by atoms with Gasteiger partial charge in [-0.1, -0.05) is 30.7 Å². The minimum atomic E-state index is 0.0574. The van der Waals surface area contributed by atoms with E-state index in [0.29, 0.717) is 0 Å². The first-order valence-corrected chi connectivity index (χ1v) is 5.56. The van der Waals surface area contributed by atoms with Crippen LogP contribution in [0.25, 0.3) is 6.08 Å². The minimum absolute atomic E-state index is 0.0574. The Labute approximate surface area is 102 Å². The number of hydrogen-bond donors (Lipinski definition) is 1. The number of benzene rings is 1. The summed E-state index contributed by atoms with van der Waals surface area (Å²) in [5, 5.41) is 0.738. The van der Waals surface area contributed by atoms with E-state index >= 15 is 0 Å². The van der Waals surface area contributed by atoms with Crippen molar-refractivity contribution in [2.45, 2.75) is 20.3 Å². The van der Waals surface area contributed by atoms with E-state index in [1.54, 1.807) is 6.08 Å². The first-order chi connectivity index (χ1) is 7.63. The zero-order chi connectivity index (χ0) is 12.6. The maximum atomic E-state index is 10.8. The lowest BCUT2D eigenvalue weighted by Gasteiger charge is -2.03. The van der Waals surface area contributed by atoms with E-state index in [9.17, 15) is 4.79 Å². The van der Waals surface area contributed by atoms with Crippen molar-refractivity contribution in [2.75, 3.05) is 7.05 Å². The second-order valence-electron chi connectivity index (χ2n) is 3.14. The van der Waals surface area contributed by atoms with Crippen LogP contribution in [-0.2, 0) is 11.2 Å². The molecule has 1 aromatic carbocycles. The first kappa shape index (κ1) is 14.9. The smallest absolute Gasteiger partial charge is 0.152 e. The highest BCUT2D eigenvalue weighted by atomic mass is 35.5. The molecule has 0 aromatic heterocycles. The van der Waals surface area contributed by atoms with Gasteiger partial charge < -0.3 is 5.73 Å². The van der Waals surface area contributed by atoms with Crippen molar-refractivity contribution < 1.29 is 4.79 Å². The van der Waals surface area contributed by atoms with Gasteiger partial charge in [-0.3, -0.25) is 4.79 Å². The fourth-order valence-corrected chi connectivity index (χ4v) is 1.44. The molecular formula is C13H18ClNO. The van der Waals surface area contributed by atoms with Crippen LogP contribution in [0.5, 0.6) is 0 Å². The van der Waals surface area contributed by atoms with Crippen LogP contribution in [0.3, 0.4) is 0 Å². The second-order valence-corrected chi connectivity index (χ2v) is 3.58. The number of rotatable bonds is 3. The molecule has 0 heterocycles. The molecule has 2 N–H and O–H groups in total. The van der Waals surface area contributed by atoms with E-state index in [4.69, 9.17) is 11.6 Å². The molecule has 0 spiro atoms. The Kier molecular flexibility index (Phi) is 7.52.